The lowest BCUT2D eigenvalue weighted by Gasteiger charge is -2.15. The number of rotatable bonds is 4. The Labute approximate surface area is 117 Å². The van der Waals surface area contributed by atoms with Crippen LogP contribution in [0.25, 0.3) is 0 Å². The highest BCUT2D eigenvalue weighted by molar-refractivity contribution is 5.97. The third-order valence-electron chi connectivity index (χ3n) is 3.35. The molecule has 3 N–H and O–H groups in total. The van der Waals surface area contributed by atoms with Crippen molar-refractivity contribution in [2.75, 3.05) is 32.5 Å². The normalized spacial score (nSPS) is 14.2. The lowest BCUT2D eigenvalue weighted by molar-refractivity contribution is -0.129. The van der Waals surface area contributed by atoms with Gasteiger partial charge in [0, 0.05) is 18.7 Å². The van der Waals surface area contributed by atoms with Crippen molar-refractivity contribution in [2.24, 2.45) is 0 Å². The largest absolute Gasteiger partial charge is 0.495 e. The topological polar surface area (TPSA) is 84.7 Å². The Hall–Kier alpha value is -2.24. The number of anilines is 1. The fourth-order valence-electron chi connectivity index (χ4n) is 2.19. The molecule has 0 bridgehead atoms. The second-order valence-electron chi connectivity index (χ2n) is 4.73. The lowest BCUT2D eigenvalue weighted by atomic mass is 10.2. The fraction of sp³-hybridized carbons (Fsp3) is 0.429. The highest BCUT2D eigenvalue weighted by Gasteiger charge is 2.18. The Morgan fingerprint density at radius 3 is 2.70 bits per heavy atom. The molecular weight excluding hydrogens is 258 g/mol. The van der Waals surface area contributed by atoms with E-state index in [0.717, 1.165) is 25.9 Å². The van der Waals surface area contributed by atoms with Crippen molar-refractivity contribution >= 4 is 17.5 Å². The molecule has 1 aromatic carbocycles. The maximum atomic E-state index is 12.0. The van der Waals surface area contributed by atoms with Crippen LogP contribution in [0.4, 0.5) is 5.69 Å². The van der Waals surface area contributed by atoms with Crippen LogP contribution in [0.1, 0.15) is 23.2 Å². The molecule has 2 amide bonds. The Bertz CT molecular complexity index is 510. The number of ether oxygens (including phenoxy) is 1. The van der Waals surface area contributed by atoms with E-state index in [1.54, 1.807) is 23.1 Å². The minimum Gasteiger partial charge on any atom is -0.495 e. The number of nitrogen functional groups attached to an aromatic ring is 1. The van der Waals surface area contributed by atoms with E-state index < -0.39 is 0 Å². The SMILES string of the molecule is COc1cc(C(=O)NCC(=O)N2CCCC2)ccc1N. The summed E-state index contributed by atoms with van der Waals surface area (Å²) in [7, 11) is 1.49. The number of likely N-dealkylation sites (tertiary alicyclic amines) is 1. The van der Waals surface area contributed by atoms with E-state index in [9.17, 15) is 9.59 Å². The van der Waals surface area contributed by atoms with Crippen molar-refractivity contribution in [3.63, 3.8) is 0 Å². The summed E-state index contributed by atoms with van der Waals surface area (Å²) < 4.78 is 5.06. The van der Waals surface area contributed by atoms with E-state index >= 15 is 0 Å². The first-order valence-corrected chi connectivity index (χ1v) is 6.61. The molecule has 0 spiro atoms. The predicted octanol–water partition coefficient (Wildman–Crippen LogP) is 0.630. The minimum absolute atomic E-state index is 0.0194. The van der Waals surface area contributed by atoms with Crippen molar-refractivity contribution in [2.45, 2.75) is 12.8 Å². The summed E-state index contributed by atoms with van der Waals surface area (Å²) in [4.78, 5) is 25.6. The van der Waals surface area contributed by atoms with Crippen molar-refractivity contribution in [3.8, 4) is 5.75 Å². The molecule has 1 heterocycles. The van der Waals surface area contributed by atoms with E-state index in [2.05, 4.69) is 5.32 Å². The van der Waals surface area contributed by atoms with Gasteiger partial charge < -0.3 is 20.7 Å². The summed E-state index contributed by atoms with van der Waals surface area (Å²) in [5, 5.41) is 2.62. The van der Waals surface area contributed by atoms with Gasteiger partial charge >= 0.3 is 0 Å². The van der Waals surface area contributed by atoms with Gasteiger partial charge in [0.1, 0.15) is 5.75 Å². The molecule has 0 radical (unpaired) electrons. The van der Waals surface area contributed by atoms with Crippen LogP contribution in [0.5, 0.6) is 5.75 Å². The molecule has 0 aliphatic carbocycles. The van der Waals surface area contributed by atoms with Gasteiger partial charge in [-0.15, -0.1) is 0 Å². The van der Waals surface area contributed by atoms with Gasteiger partial charge in [0.2, 0.25) is 5.91 Å². The fourth-order valence-corrected chi connectivity index (χ4v) is 2.19. The van der Waals surface area contributed by atoms with Crippen LogP contribution < -0.4 is 15.8 Å². The number of methoxy groups -OCH3 is 1. The highest BCUT2D eigenvalue weighted by atomic mass is 16.5. The van der Waals surface area contributed by atoms with Crippen LogP contribution in [-0.4, -0.2) is 43.5 Å². The number of nitrogens with zero attached hydrogens (tertiary/aromatic N) is 1. The van der Waals surface area contributed by atoms with Crippen molar-refractivity contribution in [3.05, 3.63) is 23.8 Å². The summed E-state index contributed by atoms with van der Waals surface area (Å²) in [6.45, 7) is 1.58. The molecule has 20 heavy (non-hydrogen) atoms. The maximum Gasteiger partial charge on any atom is 0.251 e. The second kappa shape index (κ2) is 6.27. The smallest absolute Gasteiger partial charge is 0.251 e. The van der Waals surface area contributed by atoms with Gasteiger partial charge in [-0.1, -0.05) is 0 Å². The quantitative estimate of drug-likeness (QED) is 0.791. The number of hydrogen-bond donors (Lipinski definition) is 2. The summed E-state index contributed by atoms with van der Waals surface area (Å²) in [6.07, 6.45) is 2.07. The predicted molar refractivity (Wildman–Crippen MR) is 75.6 cm³/mol. The Balaban J connectivity index is 1.92. The van der Waals surface area contributed by atoms with Gasteiger partial charge in [-0.05, 0) is 31.0 Å². The number of nitrogens with one attached hydrogen (secondary N) is 1. The number of benzene rings is 1. The van der Waals surface area contributed by atoms with Crippen LogP contribution in [0.3, 0.4) is 0 Å². The molecule has 0 unspecified atom stereocenters. The lowest BCUT2D eigenvalue weighted by Crippen LogP contribution is -2.38. The molecule has 6 nitrogen and oxygen atoms in total. The standard InChI is InChI=1S/C14H19N3O3/c1-20-12-8-10(4-5-11(12)15)14(19)16-9-13(18)17-6-2-3-7-17/h4-5,8H,2-3,6-7,9,15H2,1H3,(H,16,19). The average Bonchev–Trinajstić information content (AvgIpc) is 2.99. The Kier molecular flexibility index (Phi) is 4.45. The van der Waals surface area contributed by atoms with Gasteiger partial charge in [0.25, 0.3) is 5.91 Å². The van der Waals surface area contributed by atoms with Gasteiger partial charge in [-0.3, -0.25) is 9.59 Å². The highest BCUT2D eigenvalue weighted by Crippen LogP contribution is 2.21. The van der Waals surface area contributed by atoms with E-state index in [-0.39, 0.29) is 18.4 Å². The number of carbonyl (C=O) groups excluding carboxylic acids is 2. The molecule has 1 aliphatic heterocycles. The van der Waals surface area contributed by atoms with Crippen molar-refractivity contribution < 1.29 is 14.3 Å². The molecule has 1 saturated heterocycles. The zero-order chi connectivity index (χ0) is 14.5. The average molecular weight is 277 g/mol. The number of carbonyl (C=O) groups is 2. The first-order valence-electron chi connectivity index (χ1n) is 6.61. The van der Waals surface area contributed by atoms with E-state index in [1.165, 1.54) is 7.11 Å². The number of amides is 2. The van der Waals surface area contributed by atoms with Gasteiger partial charge in [0.15, 0.2) is 0 Å². The molecule has 0 atom stereocenters. The molecule has 2 rings (SSSR count). The van der Waals surface area contributed by atoms with Crippen LogP contribution in [-0.2, 0) is 4.79 Å². The van der Waals surface area contributed by atoms with Crippen LogP contribution in [0.15, 0.2) is 18.2 Å². The third kappa shape index (κ3) is 3.20. The summed E-state index contributed by atoms with van der Waals surface area (Å²) in [6, 6.07) is 4.77. The summed E-state index contributed by atoms with van der Waals surface area (Å²) in [5.74, 6) is 0.0950. The van der Waals surface area contributed by atoms with Gasteiger partial charge in [0.05, 0.1) is 19.3 Å². The summed E-state index contributed by atoms with van der Waals surface area (Å²) in [5.41, 5.74) is 6.58. The van der Waals surface area contributed by atoms with Crippen LogP contribution in [0.2, 0.25) is 0 Å². The maximum absolute atomic E-state index is 12.0. The third-order valence-corrected chi connectivity index (χ3v) is 3.35. The molecule has 0 saturated carbocycles. The molecular formula is C14H19N3O3. The monoisotopic (exact) mass is 277 g/mol. The summed E-state index contributed by atoms with van der Waals surface area (Å²) >= 11 is 0. The molecule has 108 valence electrons. The van der Waals surface area contributed by atoms with Crippen molar-refractivity contribution in [1.29, 1.82) is 0 Å². The Morgan fingerprint density at radius 2 is 2.05 bits per heavy atom. The first-order chi connectivity index (χ1) is 9.61. The molecule has 0 aromatic heterocycles. The van der Waals surface area contributed by atoms with E-state index in [1.807, 2.05) is 0 Å². The second-order valence-corrected chi connectivity index (χ2v) is 4.73. The molecule has 1 aliphatic rings. The zero-order valence-electron chi connectivity index (χ0n) is 11.5. The van der Waals surface area contributed by atoms with Gasteiger partial charge in [-0.25, -0.2) is 0 Å². The van der Waals surface area contributed by atoms with Crippen molar-refractivity contribution in [1.82, 2.24) is 10.2 Å². The van der Waals surface area contributed by atoms with Crippen LogP contribution >= 0.6 is 0 Å². The van der Waals surface area contributed by atoms with E-state index in [0.29, 0.717) is 17.0 Å². The minimum atomic E-state index is -0.309. The number of hydrogen-bond acceptors (Lipinski definition) is 4. The van der Waals surface area contributed by atoms with Gasteiger partial charge in [-0.2, -0.15) is 0 Å². The molecule has 6 heteroatoms. The van der Waals surface area contributed by atoms with E-state index in [4.69, 9.17) is 10.5 Å². The molecule has 1 fully saturated rings. The zero-order valence-corrected chi connectivity index (χ0v) is 11.5. The molecule has 1 aromatic rings. The first kappa shape index (κ1) is 14.2. The van der Waals surface area contributed by atoms with Crippen LogP contribution in [0, 0.1) is 0 Å². The Morgan fingerprint density at radius 1 is 1.35 bits per heavy atom. The number of nitrogens with two attached hydrogens (primary N) is 1.